The van der Waals surface area contributed by atoms with Crippen LogP contribution in [-0.2, 0) is 11.2 Å². The van der Waals surface area contributed by atoms with Gasteiger partial charge in [0.15, 0.2) is 6.10 Å². The molecule has 5 heteroatoms. The molecular weight excluding hydrogens is 350 g/mol. The molecule has 0 unspecified atom stereocenters. The minimum absolute atomic E-state index is 0.112. The van der Waals surface area contributed by atoms with Crippen molar-refractivity contribution < 1.29 is 14.3 Å². The molecule has 2 aromatic rings. The van der Waals surface area contributed by atoms with Gasteiger partial charge in [-0.25, -0.2) is 0 Å². The summed E-state index contributed by atoms with van der Waals surface area (Å²) in [6, 6.07) is 15.2. The molecule has 0 heterocycles. The maximum atomic E-state index is 12.3. The normalized spacial score (nSPS) is 11.7. The van der Waals surface area contributed by atoms with Gasteiger partial charge < -0.3 is 14.8 Å². The molecule has 0 radical (unpaired) electrons. The molecule has 1 amide bonds. The van der Waals surface area contributed by atoms with Crippen molar-refractivity contribution in [3.8, 4) is 11.5 Å². The van der Waals surface area contributed by atoms with Crippen molar-refractivity contribution in [1.29, 1.82) is 0 Å². The van der Waals surface area contributed by atoms with E-state index in [1.807, 2.05) is 38.1 Å². The number of nitrogens with one attached hydrogen (secondary N) is 1. The number of aryl methyl sites for hydroxylation is 1. The molecule has 0 aliphatic rings. The van der Waals surface area contributed by atoms with Crippen LogP contribution in [0, 0.1) is 0 Å². The van der Waals surface area contributed by atoms with Crippen LogP contribution in [0.4, 0.5) is 0 Å². The number of amides is 1. The predicted octanol–water partition coefficient (Wildman–Crippen LogP) is 4.65. The number of para-hydroxylation sites is 1. The number of carbonyl (C=O) groups excluding carboxylic acids is 1. The highest BCUT2D eigenvalue weighted by molar-refractivity contribution is 6.32. The zero-order valence-electron chi connectivity index (χ0n) is 15.3. The van der Waals surface area contributed by atoms with Crippen LogP contribution < -0.4 is 14.8 Å². The van der Waals surface area contributed by atoms with Gasteiger partial charge in [-0.3, -0.25) is 4.79 Å². The summed E-state index contributed by atoms with van der Waals surface area (Å²) in [6.45, 7) is 5.16. The van der Waals surface area contributed by atoms with E-state index in [2.05, 4.69) is 17.4 Å². The molecule has 0 aromatic heterocycles. The van der Waals surface area contributed by atoms with Crippen LogP contribution in [0.5, 0.6) is 11.5 Å². The van der Waals surface area contributed by atoms with Crippen LogP contribution in [0.15, 0.2) is 48.5 Å². The first-order valence-corrected chi connectivity index (χ1v) is 9.42. The van der Waals surface area contributed by atoms with Crippen LogP contribution >= 0.6 is 11.6 Å². The lowest BCUT2D eigenvalue weighted by Crippen LogP contribution is -2.38. The lowest BCUT2D eigenvalue weighted by atomic mass is 10.1. The number of hydrogen-bond donors (Lipinski definition) is 1. The largest absolute Gasteiger partial charge is 0.494 e. The molecule has 26 heavy (non-hydrogen) atoms. The maximum absolute atomic E-state index is 12.3. The topological polar surface area (TPSA) is 47.6 Å². The van der Waals surface area contributed by atoms with Crippen LogP contribution in [0.25, 0.3) is 0 Å². The van der Waals surface area contributed by atoms with Crippen molar-refractivity contribution in [1.82, 2.24) is 5.32 Å². The molecular formula is C21H26ClNO3. The van der Waals surface area contributed by atoms with Gasteiger partial charge in [-0.1, -0.05) is 42.8 Å². The van der Waals surface area contributed by atoms with Crippen LogP contribution in [0.3, 0.4) is 0 Å². The minimum Gasteiger partial charge on any atom is -0.494 e. The van der Waals surface area contributed by atoms with Gasteiger partial charge in [-0.2, -0.15) is 0 Å². The summed E-state index contributed by atoms with van der Waals surface area (Å²) in [5.74, 6) is 1.30. The summed E-state index contributed by atoms with van der Waals surface area (Å²) in [7, 11) is 0. The van der Waals surface area contributed by atoms with Gasteiger partial charge in [0.2, 0.25) is 0 Å². The van der Waals surface area contributed by atoms with Crippen molar-refractivity contribution in [2.45, 2.75) is 39.2 Å². The summed E-state index contributed by atoms with van der Waals surface area (Å²) < 4.78 is 11.2. The molecule has 2 rings (SSSR count). The molecule has 0 aliphatic carbocycles. The highest BCUT2D eigenvalue weighted by Crippen LogP contribution is 2.24. The third-order valence-electron chi connectivity index (χ3n) is 3.94. The van der Waals surface area contributed by atoms with E-state index in [9.17, 15) is 4.79 Å². The Morgan fingerprint density at radius 3 is 2.50 bits per heavy atom. The Hall–Kier alpha value is -2.20. The molecule has 140 valence electrons. The molecule has 2 aromatic carbocycles. The predicted molar refractivity (Wildman–Crippen MR) is 105 cm³/mol. The third kappa shape index (κ3) is 6.26. The van der Waals surface area contributed by atoms with Crippen molar-refractivity contribution in [2.75, 3.05) is 13.2 Å². The number of hydrogen-bond acceptors (Lipinski definition) is 3. The SMILES string of the molecule is CCOc1ccc(CCCNC(=O)[C@@H](CC)Oc2ccccc2Cl)cc1. The van der Waals surface area contributed by atoms with E-state index in [1.54, 1.807) is 12.1 Å². The van der Waals surface area contributed by atoms with Crippen LogP contribution in [0.1, 0.15) is 32.3 Å². The highest BCUT2D eigenvalue weighted by atomic mass is 35.5. The lowest BCUT2D eigenvalue weighted by Gasteiger charge is -2.18. The number of halogens is 1. The zero-order valence-corrected chi connectivity index (χ0v) is 16.1. The number of rotatable bonds is 10. The molecule has 0 fully saturated rings. The highest BCUT2D eigenvalue weighted by Gasteiger charge is 2.18. The quantitative estimate of drug-likeness (QED) is 0.615. The molecule has 1 N–H and O–H groups in total. The van der Waals surface area contributed by atoms with Crippen molar-refractivity contribution in [3.05, 3.63) is 59.1 Å². The average molecular weight is 376 g/mol. The van der Waals surface area contributed by atoms with E-state index in [0.717, 1.165) is 18.6 Å². The third-order valence-corrected chi connectivity index (χ3v) is 4.26. The molecule has 1 atom stereocenters. The van der Waals surface area contributed by atoms with Gasteiger partial charge in [0, 0.05) is 6.54 Å². The van der Waals surface area contributed by atoms with Gasteiger partial charge in [0.05, 0.1) is 11.6 Å². The van der Waals surface area contributed by atoms with E-state index in [0.29, 0.717) is 30.3 Å². The van der Waals surface area contributed by atoms with Crippen LogP contribution in [-0.4, -0.2) is 25.2 Å². The fourth-order valence-corrected chi connectivity index (χ4v) is 2.73. The molecule has 0 saturated carbocycles. The Morgan fingerprint density at radius 1 is 1.12 bits per heavy atom. The number of carbonyl (C=O) groups is 1. The standard InChI is InChI=1S/C21H26ClNO3/c1-3-19(26-20-10-6-5-9-18(20)22)21(24)23-15-7-8-16-11-13-17(14-12-16)25-4-2/h5-6,9-14,19H,3-4,7-8,15H2,1-2H3,(H,23,24)/t19-/m1/s1. The van der Waals surface area contributed by atoms with Gasteiger partial charge >= 0.3 is 0 Å². The van der Waals surface area contributed by atoms with Crippen LogP contribution in [0.2, 0.25) is 5.02 Å². The number of ether oxygens (including phenoxy) is 2. The second-order valence-electron chi connectivity index (χ2n) is 5.92. The Kier molecular flexibility index (Phi) is 8.29. The minimum atomic E-state index is -0.541. The van der Waals surface area contributed by atoms with Gasteiger partial charge in [0.25, 0.3) is 5.91 Å². The van der Waals surface area contributed by atoms with Gasteiger partial charge in [-0.05, 0) is 56.0 Å². The Balaban J connectivity index is 1.75. The summed E-state index contributed by atoms with van der Waals surface area (Å²) in [4.78, 5) is 12.3. The smallest absolute Gasteiger partial charge is 0.261 e. The van der Waals surface area contributed by atoms with Crippen molar-refractivity contribution in [2.24, 2.45) is 0 Å². The molecule has 0 bridgehead atoms. The molecule has 4 nitrogen and oxygen atoms in total. The van der Waals surface area contributed by atoms with E-state index >= 15 is 0 Å². The number of benzene rings is 2. The summed E-state index contributed by atoms with van der Waals surface area (Å²) in [6.07, 6.45) is 1.80. The fraction of sp³-hybridized carbons (Fsp3) is 0.381. The average Bonchev–Trinajstić information content (AvgIpc) is 2.66. The van der Waals surface area contributed by atoms with Crippen molar-refractivity contribution in [3.63, 3.8) is 0 Å². The van der Waals surface area contributed by atoms with E-state index in [-0.39, 0.29) is 5.91 Å². The molecule has 0 aliphatic heterocycles. The summed E-state index contributed by atoms with van der Waals surface area (Å²) in [5, 5.41) is 3.45. The summed E-state index contributed by atoms with van der Waals surface area (Å²) >= 11 is 6.09. The summed E-state index contributed by atoms with van der Waals surface area (Å²) in [5.41, 5.74) is 1.22. The van der Waals surface area contributed by atoms with Gasteiger partial charge in [-0.15, -0.1) is 0 Å². The Bertz CT molecular complexity index is 688. The second-order valence-corrected chi connectivity index (χ2v) is 6.32. The zero-order chi connectivity index (χ0) is 18.8. The monoisotopic (exact) mass is 375 g/mol. The lowest BCUT2D eigenvalue weighted by molar-refractivity contribution is -0.128. The second kappa shape index (κ2) is 10.7. The van der Waals surface area contributed by atoms with Gasteiger partial charge in [0.1, 0.15) is 11.5 Å². The van der Waals surface area contributed by atoms with E-state index < -0.39 is 6.10 Å². The first kappa shape index (κ1) is 20.1. The molecule has 0 spiro atoms. The van der Waals surface area contributed by atoms with E-state index in [1.165, 1.54) is 5.56 Å². The first-order chi connectivity index (χ1) is 12.6. The van der Waals surface area contributed by atoms with E-state index in [4.69, 9.17) is 21.1 Å². The fourth-order valence-electron chi connectivity index (χ4n) is 2.55. The van der Waals surface area contributed by atoms with Crippen molar-refractivity contribution >= 4 is 17.5 Å². The Morgan fingerprint density at radius 2 is 1.85 bits per heavy atom. The first-order valence-electron chi connectivity index (χ1n) is 9.04. The maximum Gasteiger partial charge on any atom is 0.261 e. The Labute approximate surface area is 160 Å². The molecule has 0 saturated heterocycles.